The Morgan fingerprint density at radius 3 is 1.58 bits per heavy atom. The molecule has 0 fully saturated rings. The summed E-state index contributed by atoms with van der Waals surface area (Å²) >= 11 is 0. The van der Waals surface area contributed by atoms with Crippen molar-refractivity contribution in [2.24, 2.45) is 0 Å². The fraction of sp³-hybridized carbons (Fsp3) is 0.0857. The number of benzene rings is 8. The Hall–Kier alpha value is -9.63. The minimum Gasteiger partial charge on any atom is -0.358 e. The molecular formula is C70H52N10Pt. The van der Waals surface area contributed by atoms with Crippen LogP contribution in [0, 0.1) is 12.1 Å². The third-order valence-corrected chi connectivity index (χ3v) is 16.3. The van der Waals surface area contributed by atoms with Crippen molar-refractivity contribution in [3.8, 4) is 23.0 Å². The van der Waals surface area contributed by atoms with Crippen LogP contribution in [0.15, 0.2) is 243 Å². The summed E-state index contributed by atoms with van der Waals surface area (Å²) in [5, 5.41) is 13.7. The van der Waals surface area contributed by atoms with Gasteiger partial charge in [-0.3, -0.25) is 9.25 Å². The quantitative estimate of drug-likeness (QED) is 0.154. The molecule has 8 aromatic carbocycles. The fourth-order valence-electron chi connectivity index (χ4n) is 12.5. The molecule has 0 amide bonds. The maximum absolute atomic E-state index is 4.73. The van der Waals surface area contributed by atoms with Crippen LogP contribution in [-0.2, 0) is 31.9 Å². The monoisotopic (exact) mass is 1230 g/mol. The van der Waals surface area contributed by atoms with Gasteiger partial charge in [-0.2, -0.15) is 22.3 Å². The number of para-hydroxylation sites is 4. The third-order valence-electron chi connectivity index (χ3n) is 16.3. The fourth-order valence-corrected chi connectivity index (χ4v) is 12.5. The van der Waals surface area contributed by atoms with E-state index in [9.17, 15) is 0 Å². The number of hydrogen-bond acceptors (Lipinski definition) is 6. The first-order valence-corrected chi connectivity index (χ1v) is 27.0. The Kier molecular flexibility index (Phi) is 11.8. The minimum atomic E-state index is -0.200. The van der Waals surface area contributed by atoms with E-state index in [0.29, 0.717) is 0 Å². The summed E-state index contributed by atoms with van der Waals surface area (Å²) in [5.74, 6) is 1.78. The van der Waals surface area contributed by atoms with Crippen LogP contribution in [0.4, 0.5) is 34.1 Å². The molecule has 14 aromatic rings. The third kappa shape index (κ3) is 7.88. The Morgan fingerprint density at radius 1 is 0.370 bits per heavy atom. The van der Waals surface area contributed by atoms with E-state index in [-0.39, 0.29) is 31.9 Å². The predicted molar refractivity (Wildman–Crippen MR) is 323 cm³/mol. The van der Waals surface area contributed by atoms with Gasteiger partial charge in [-0.1, -0.05) is 142 Å². The van der Waals surface area contributed by atoms with E-state index < -0.39 is 0 Å². The molecule has 16 rings (SSSR count). The van der Waals surface area contributed by atoms with Gasteiger partial charge in [-0.15, -0.1) is 35.2 Å². The molecular weight excluding hydrogens is 1180 g/mol. The number of fused-ring (bicyclic) bond motifs is 10. The summed E-state index contributed by atoms with van der Waals surface area (Å²) in [4.78, 5) is 14.1. The second-order valence-electron chi connectivity index (χ2n) is 21.6. The van der Waals surface area contributed by atoms with Crippen LogP contribution in [0.2, 0.25) is 0 Å². The van der Waals surface area contributed by atoms with Crippen molar-refractivity contribution in [1.82, 2.24) is 38.7 Å². The normalized spacial score (nSPS) is 13.7. The standard InChI is InChI=1S/C35H27N5.C35H25N5.Pt/c2*1-35(2)28-11-4-6-13-31(28)39(33-22-24(16-18-29(33)35)38-21-9-20-37-38)25-15-17-27-26-10-3-5-12-30(26)40(32(27)23-25)34-14-7-8-19-36-34;/h3-23H,1-2H3;3-21H,1-2H3;/q;-2;+2. The number of pyridine rings is 2. The van der Waals surface area contributed by atoms with Gasteiger partial charge in [0.15, 0.2) is 0 Å². The average molecular weight is 1230 g/mol. The van der Waals surface area contributed by atoms with E-state index in [2.05, 4.69) is 233 Å². The van der Waals surface area contributed by atoms with Gasteiger partial charge in [-0.25, -0.2) is 14.6 Å². The van der Waals surface area contributed by atoms with E-state index in [1.165, 1.54) is 44.1 Å². The van der Waals surface area contributed by atoms with E-state index in [1.807, 2.05) is 82.8 Å². The summed E-state index contributed by atoms with van der Waals surface area (Å²) in [6.07, 6.45) is 11.3. The maximum atomic E-state index is 4.73. The predicted octanol–water partition coefficient (Wildman–Crippen LogP) is 16.5. The van der Waals surface area contributed by atoms with Crippen molar-refractivity contribution < 1.29 is 21.1 Å². The van der Waals surface area contributed by atoms with E-state index in [0.717, 1.165) is 78.9 Å². The second-order valence-corrected chi connectivity index (χ2v) is 21.6. The molecule has 0 radical (unpaired) electrons. The second kappa shape index (κ2) is 19.3. The molecule has 0 unspecified atom stereocenters. The van der Waals surface area contributed by atoms with E-state index in [4.69, 9.17) is 9.97 Å². The molecule has 0 saturated carbocycles. The molecule has 0 saturated heterocycles. The topological polar surface area (TPSA) is 77.8 Å². The summed E-state index contributed by atoms with van der Waals surface area (Å²) in [6, 6.07) is 80.2. The first-order chi connectivity index (χ1) is 39.2. The number of anilines is 6. The van der Waals surface area contributed by atoms with Gasteiger partial charge in [0.05, 0.1) is 28.1 Å². The molecule has 2 aliphatic rings. The summed E-state index contributed by atoms with van der Waals surface area (Å²) in [5.41, 5.74) is 17.6. The first-order valence-electron chi connectivity index (χ1n) is 27.0. The zero-order valence-electron chi connectivity index (χ0n) is 44.9. The number of rotatable bonds is 6. The van der Waals surface area contributed by atoms with Gasteiger partial charge in [0.1, 0.15) is 11.6 Å². The van der Waals surface area contributed by atoms with Crippen LogP contribution < -0.4 is 9.80 Å². The maximum Gasteiger partial charge on any atom is 2.00 e. The van der Waals surface area contributed by atoms with Gasteiger partial charge in [-0.05, 0) is 118 Å². The number of aromatic nitrogens is 8. The van der Waals surface area contributed by atoms with E-state index in [1.54, 1.807) is 6.20 Å². The van der Waals surface area contributed by atoms with Crippen molar-refractivity contribution in [1.29, 1.82) is 0 Å². The van der Waals surface area contributed by atoms with Gasteiger partial charge in [0.25, 0.3) is 0 Å². The molecule has 11 heteroatoms. The smallest absolute Gasteiger partial charge is 0.358 e. The van der Waals surface area contributed by atoms with Crippen molar-refractivity contribution >= 4 is 77.7 Å². The Bertz CT molecular complexity index is 4370. The average Bonchev–Trinajstić information content (AvgIpc) is 4.50. The molecule has 0 bridgehead atoms. The SMILES string of the molecule is CC1(C)c2ccc(-n3cccn3)[c-]c2N(c2[c-]c3c(cc2)c2ccccc2n3-c2ccccn2)c2ccccc21.CC1(C)c2ccccc2N(c2ccc3c4ccccc4n(-c4ccccn4)c3c2)c2cc(-n3cccn3)ccc21.[Pt+2]. The summed E-state index contributed by atoms with van der Waals surface area (Å²) in [6.45, 7) is 9.21. The van der Waals surface area contributed by atoms with Gasteiger partial charge in [0, 0.05) is 70.3 Å². The summed E-state index contributed by atoms with van der Waals surface area (Å²) < 4.78 is 8.26. The van der Waals surface area contributed by atoms with Crippen LogP contribution in [-0.4, -0.2) is 38.7 Å². The van der Waals surface area contributed by atoms with Crippen molar-refractivity contribution in [3.63, 3.8) is 0 Å². The van der Waals surface area contributed by atoms with Crippen LogP contribution >= 0.6 is 0 Å². The number of hydrogen-bond donors (Lipinski definition) is 0. The molecule has 2 aliphatic heterocycles. The molecule has 0 N–H and O–H groups in total. The molecule has 6 aromatic heterocycles. The van der Waals surface area contributed by atoms with Crippen molar-refractivity contribution in [3.05, 3.63) is 278 Å². The van der Waals surface area contributed by atoms with Crippen LogP contribution in [0.1, 0.15) is 49.9 Å². The van der Waals surface area contributed by atoms with E-state index >= 15 is 0 Å². The van der Waals surface area contributed by atoms with Gasteiger partial charge in [0.2, 0.25) is 0 Å². The zero-order chi connectivity index (χ0) is 53.7. The Labute approximate surface area is 483 Å². The zero-order valence-corrected chi connectivity index (χ0v) is 47.2. The molecule has 0 atom stereocenters. The number of nitrogens with zero attached hydrogens (tertiary/aromatic N) is 10. The molecule has 10 nitrogen and oxygen atoms in total. The molecule has 392 valence electrons. The van der Waals surface area contributed by atoms with Gasteiger partial charge < -0.3 is 14.4 Å². The molecule has 81 heavy (non-hydrogen) atoms. The minimum absolute atomic E-state index is 0. The van der Waals surface area contributed by atoms with Gasteiger partial charge >= 0.3 is 21.1 Å². The van der Waals surface area contributed by atoms with Crippen molar-refractivity contribution in [2.75, 3.05) is 9.80 Å². The van der Waals surface area contributed by atoms with Crippen LogP contribution in [0.25, 0.3) is 66.6 Å². The summed E-state index contributed by atoms with van der Waals surface area (Å²) in [7, 11) is 0. The largest absolute Gasteiger partial charge is 2.00 e. The molecule has 0 aliphatic carbocycles. The molecule has 8 heterocycles. The van der Waals surface area contributed by atoms with Crippen molar-refractivity contribution in [2.45, 2.75) is 38.5 Å². The Balaban J connectivity index is 0.000000144. The Morgan fingerprint density at radius 2 is 0.901 bits per heavy atom. The van der Waals surface area contributed by atoms with Crippen LogP contribution in [0.3, 0.4) is 0 Å². The van der Waals surface area contributed by atoms with Crippen LogP contribution in [0.5, 0.6) is 0 Å². The first kappa shape index (κ1) is 49.6. The molecule has 0 spiro atoms.